The van der Waals surface area contributed by atoms with Crippen LogP contribution in [0.3, 0.4) is 0 Å². The summed E-state index contributed by atoms with van der Waals surface area (Å²) in [6, 6.07) is 10.5. The standard InChI is InChI=1S/C14H15ClN4/c15-13-10-16-11-14(17-13)19-8-6-18(7-9-19)12-4-2-1-3-5-12/h1-5,10-11H,6-9H2. The number of hydrogen-bond acceptors (Lipinski definition) is 4. The second kappa shape index (κ2) is 5.45. The summed E-state index contributed by atoms with van der Waals surface area (Å²) >= 11 is 5.88. The highest BCUT2D eigenvalue weighted by molar-refractivity contribution is 6.29. The Hall–Kier alpha value is -1.81. The maximum absolute atomic E-state index is 5.88. The molecule has 0 radical (unpaired) electrons. The summed E-state index contributed by atoms with van der Waals surface area (Å²) in [7, 11) is 0. The number of para-hydroxylation sites is 1. The van der Waals surface area contributed by atoms with Crippen LogP contribution in [0.4, 0.5) is 11.5 Å². The van der Waals surface area contributed by atoms with Gasteiger partial charge in [-0.2, -0.15) is 0 Å². The second-order valence-corrected chi connectivity index (χ2v) is 4.90. The van der Waals surface area contributed by atoms with Crippen LogP contribution in [0.5, 0.6) is 0 Å². The number of halogens is 1. The third kappa shape index (κ3) is 2.79. The quantitative estimate of drug-likeness (QED) is 0.842. The van der Waals surface area contributed by atoms with Crippen molar-refractivity contribution in [3.63, 3.8) is 0 Å². The lowest BCUT2D eigenvalue weighted by Crippen LogP contribution is -2.46. The van der Waals surface area contributed by atoms with Gasteiger partial charge in [0.25, 0.3) is 0 Å². The van der Waals surface area contributed by atoms with Crippen molar-refractivity contribution in [3.05, 3.63) is 47.9 Å². The lowest BCUT2D eigenvalue weighted by Gasteiger charge is -2.36. The highest BCUT2D eigenvalue weighted by atomic mass is 35.5. The first-order valence-corrected chi connectivity index (χ1v) is 6.73. The second-order valence-electron chi connectivity index (χ2n) is 4.51. The average molecular weight is 275 g/mol. The number of benzene rings is 1. The fourth-order valence-electron chi connectivity index (χ4n) is 2.32. The molecule has 2 heterocycles. The third-order valence-corrected chi connectivity index (χ3v) is 3.50. The van der Waals surface area contributed by atoms with Crippen LogP contribution in [0.1, 0.15) is 0 Å². The van der Waals surface area contributed by atoms with Crippen LogP contribution >= 0.6 is 11.6 Å². The van der Waals surface area contributed by atoms with E-state index in [-0.39, 0.29) is 0 Å². The van der Waals surface area contributed by atoms with Crippen molar-refractivity contribution in [3.8, 4) is 0 Å². The van der Waals surface area contributed by atoms with Gasteiger partial charge < -0.3 is 9.80 Å². The van der Waals surface area contributed by atoms with Crippen LogP contribution < -0.4 is 9.80 Å². The fourth-order valence-corrected chi connectivity index (χ4v) is 2.46. The Balaban J connectivity index is 1.67. The van der Waals surface area contributed by atoms with Gasteiger partial charge in [0.15, 0.2) is 0 Å². The van der Waals surface area contributed by atoms with Gasteiger partial charge in [0, 0.05) is 31.9 Å². The van der Waals surface area contributed by atoms with E-state index in [0.29, 0.717) is 5.15 Å². The smallest absolute Gasteiger partial charge is 0.149 e. The number of hydrogen-bond donors (Lipinski definition) is 0. The van der Waals surface area contributed by atoms with E-state index in [9.17, 15) is 0 Å². The predicted molar refractivity (Wildman–Crippen MR) is 77.9 cm³/mol. The Kier molecular flexibility index (Phi) is 3.51. The zero-order chi connectivity index (χ0) is 13.1. The summed E-state index contributed by atoms with van der Waals surface area (Å²) in [5, 5.41) is 0.447. The summed E-state index contributed by atoms with van der Waals surface area (Å²) in [5.74, 6) is 0.861. The first-order valence-electron chi connectivity index (χ1n) is 6.35. The summed E-state index contributed by atoms with van der Waals surface area (Å²) in [5.41, 5.74) is 1.28. The van der Waals surface area contributed by atoms with Gasteiger partial charge in [-0.15, -0.1) is 0 Å². The molecule has 5 heteroatoms. The highest BCUT2D eigenvalue weighted by Crippen LogP contribution is 2.19. The molecule has 1 fully saturated rings. The van der Waals surface area contributed by atoms with Crippen molar-refractivity contribution in [1.29, 1.82) is 0 Å². The minimum Gasteiger partial charge on any atom is -0.368 e. The van der Waals surface area contributed by atoms with Crippen LogP contribution in [-0.2, 0) is 0 Å². The molecular weight excluding hydrogens is 260 g/mol. The van der Waals surface area contributed by atoms with Crippen molar-refractivity contribution in [2.24, 2.45) is 0 Å². The molecule has 1 aliphatic rings. The monoisotopic (exact) mass is 274 g/mol. The molecule has 0 amide bonds. The fraction of sp³-hybridized carbons (Fsp3) is 0.286. The Morgan fingerprint density at radius 2 is 1.58 bits per heavy atom. The SMILES string of the molecule is Clc1cncc(N2CCN(c3ccccc3)CC2)n1. The molecular formula is C14H15ClN4. The Morgan fingerprint density at radius 1 is 0.895 bits per heavy atom. The lowest BCUT2D eigenvalue weighted by molar-refractivity contribution is 0.646. The van der Waals surface area contributed by atoms with Crippen LogP contribution in [0.15, 0.2) is 42.7 Å². The van der Waals surface area contributed by atoms with E-state index >= 15 is 0 Å². The maximum atomic E-state index is 5.88. The van der Waals surface area contributed by atoms with Crippen LogP contribution in [-0.4, -0.2) is 36.1 Å². The molecule has 0 atom stereocenters. The van der Waals surface area contributed by atoms with E-state index in [4.69, 9.17) is 11.6 Å². The van der Waals surface area contributed by atoms with Crippen LogP contribution in [0.25, 0.3) is 0 Å². The van der Waals surface area contributed by atoms with E-state index in [1.54, 1.807) is 12.4 Å². The van der Waals surface area contributed by atoms with E-state index in [2.05, 4.69) is 44.0 Å². The minimum absolute atomic E-state index is 0.447. The molecule has 1 aliphatic heterocycles. The van der Waals surface area contributed by atoms with Crippen LogP contribution in [0, 0.1) is 0 Å². The Morgan fingerprint density at radius 3 is 2.26 bits per heavy atom. The minimum atomic E-state index is 0.447. The van der Waals surface area contributed by atoms with Crippen LogP contribution in [0.2, 0.25) is 5.15 Å². The van der Waals surface area contributed by atoms with Gasteiger partial charge in [-0.1, -0.05) is 29.8 Å². The Labute approximate surface area is 117 Å². The lowest BCUT2D eigenvalue weighted by atomic mass is 10.2. The molecule has 3 rings (SSSR count). The summed E-state index contributed by atoms with van der Waals surface area (Å²) in [4.78, 5) is 13.0. The van der Waals surface area contributed by atoms with Gasteiger partial charge >= 0.3 is 0 Å². The number of nitrogens with zero attached hydrogens (tertiary/aromatic N) is 4. The molecule has 1 saturated heterocycles. The van der Waals surface area contributed by atoms with Gasteiger partial charge in [0.1, 0.15) is 11.0 Å². The average Bonchev–Trinajstić information content (AvgIpc) is 2.48. The van der Waals surface area contributed by atoms with Gasteiger partial charge in [-0.25, -0.2) is 4.98 Å². The first-order chi connectivity index (χ1) is 9.33. The third-order valence-electron chi connectivity index (χ3n) is 3.32. The molecule has 1 aromatic heterocycles. The molecule has 0 N–H and O–H groups in total. The molecule has 2 aromatic rings. The molecule has 19 heavy (non-hydrogen) atoms. The molecule has 0 unspecified atom stereocenters. The Bertz CT molecular complexity index is 538. The molecule has 4 nitrogen and oxygen atoms in total. The number of rotatable bonds is 2. The van der Waals surface area contributed by atoms with E-state index in [0.717, 1.165) is 32.0 Å². The van der Waals surface area contributed by atoms with Crippen molar-refractivity contribution >= 4 is 23.1 Å². The molecule has 0 bridgehead atoms. The zero-order valence-electron chi connectivity index (χ0n) is 10.5. The molecule has 98 valence electrons. The van der Waals surface area contributed by atoms with E-state index in [1.807, 2.05) is 6.07 Å². The zero-order valence-corrected chi connectivity index (χ0v) is 11.3. The summed E-state index contributed by atoms with van der Waals surface area (Å²) in [6.07, 6.45) is 3.33. The first kappa shape index (κ1) is 12.2. The molecule has 1 aromatic carbocycles. The van der Waals surface area contributed by atoms with Gasteiger partial charge in [0.2, 0.25) is 0 Å². The number of piperazine rings is 1. The number of anilines is 2. The van der Waals surface area contributed by atoms with E-state index < -0.39 is 0 Å². The van der Waals surface area contributed by atoms with Crippen molar-refractivity contribution in [2.75, 3.05) is 36.0 Å². The summed E-state index contributed by atoms with van der Waals surface area (Å²) in [6.45, 7) is 3.84. The number of aromatic nitrogens is 2. The molecule has 0 aliphatic carbocycles. The topological polar surface area (TPSA) is 32.3 Å². The van der Waals surface area contributed by atoms with Gasteiger partial charge in [-0.05, 0) is 12.1 Å². The highest BCUT2D eigenvalue weighted by Gasteiger charge is 2.18. The van der Waals surface area contributed by atoms with Crippen molar-refractivity contribution in [2.45, 2.75) is 0 Å². The molecule has 0 saturated carbocycles. The maximum Gasteiger partial charge on any atom is 0.149 e. The normalized spacial score (nSPS) is 15.6. The largest absolute Gasteiger partial charge is 0.368 e. The van der Waals surface area contributed by atoms with Gasteiger partial charge in [-0.3, -0.25) is 4.98 Å². The van der Waals surface area contributed by atoms with E-state index in [1.165, 1.54) is 5.69 Å². The van der Waals surface area contributed by atoms with Crippen molar-refractivity contribution < 1.29 is 0 Å². The predicted octanol–water partition coefficient (Wildman–Crippen LogP) is 2.46. The summed E-state index contributed by atoms with van der Waals surface area (Å²) < 4.78 is 0. The molecule has 0 spiro atoms. The van der Waals surface area contributed by atoms with Crippen molar-refractivity contribution in [1.82, 2.24) is 9.97 Å². The van der Waals surface area contributed by atoms with Gasteiger partial charge in [0.05, 0.1) is 12.4 Å².